The lowest BCUT2D eigenvalue weighted by Crippen LogP contribution is -2.62. The SMILES string of the molecule is CC(=O)N[C@H](Cc1ccc(C)cc1C)C(=O)N1CC(C)N(CCc2ccc3ccccc3c2)CC1CCCN=C(N)N. The van der Waals surface area contributed by atoms with Crippen LogP contribution in [0.5, 0.6) is 0 Å². The Hall–Kier alpha value is -3.91. The van der Waals surface area contributed by atoms with E-state index in [1.807, 2.05) is 4.90 Å². The Balaban J connectivity index is 1.51. The van der Waals surface area contributed by atoms with E-state index in [-0.39, 0.29) is 29.9 Å². The smallest absolute Gasteiger partial charge is 0.245 e. The number of carbonyl (C=O) groups excluding carboxylic acids is 2. The number of rotatable bonds is 11. The Labute approximate surface area is 250 Å². The molecule has 0 bridgehead atoms. The molecule has 2 amide bonds. The van der Waals surface area contributed by atoms with E-state index in [1.165, 1.54) is 28.8 Å². The quantitative estimate of drug-likeness (QED) is 0.185. The number of nitrogens with one attached hydrogen (secondary N) is 1. The number of piperazine rings is 1. The van der Waals surface area contributed by atoms with E-state index in [0.29, 0.717) is 19.5 Å². The molecular weight excluding hydrogens is 524 g/mol. The topological polar surface area (TPSA) is 117 Å². The van der Waals surface area contributed by atoms with Crippen LogP contribution in [-0.4, -0.2) is 71.9 Å². The first-order valence-corrected chi connectivity index (χ1v) is 15.0. The van der Waals surface area contributed by atoms with Gasteiger partial charge in [0.1, 0.15) is 6.04 Å². The summed E-state index contributed by atoms with van der Waals surface area (Å²) in [5.41, 5.74) is 15.8. The molecule has 1 aliphatic heterocycles. The maximum atomic E-state index is 14.1. The van der Waals surface area contributed by atoms with E-state index in [2.05, 4.69) is 96.6 Å². The van der Waals surface area contributed by atoms with Gasteiger partial charge in [0.25, 0.3) is 0 Å². The fraction of sp³-hybridized carbons (Fsp3) is 0.441. The van der Waals surface area contributed by atoms with Crippen LogP contribution in [0.1, 0.15) is 48.9 Å². The van der Waals surface area contributed by atoms with Crippen molar-refractivity contribution in [2.45, 2.75) is 71.5 Å². The van der Waals surface area contributed by atoms with E-state index in [9.17, 15) is 9.59 Å². The average Bonchev–Trinajstić information content (AvgIpc) is 2.95. The number of fused-ring (bicyclic) bond motifs is 1. The number of hydrogen-bond acceptors (Lipinski definition) is 4. The molecule has 224 valence electrons. The Morgan fingerprint density at radius 2 is 1.79 bits per heavy atom. The molecule has 42 heavy (non-hydrogen) atoms. The Kier molecular flexibility index (Phi) is 10.6. The van der Waals surface area contributed by atoms with Gasteiger partial charge in [-0.3, -0.25) is 19.5 Å². The molecule has 8 nitrogen and oxygen atoms in total. The number of benzene rings is 3. The molecule has 0 aliphatic carbocycles. The first-order valence-electron chi connectivity index (χ1n) is 15.0. The third-order valence-corrected chi connectivity index (χ3v) is 8.34. The molecule has 0 radical (unpaired) electrons. The van der Waals surface area contributed by atoms with Gasteiger partial charge in [-0.15, -0.1) is 0 Å². The highest BCUT2D eigenvalue weighted by molar-refractivity contribution is 5.87. The molecule has 4 rings (SSSR count). The van der Waals surface area contributed by atoms with Gasteiger partial charge in [-0.25, -0.2) is 0 Å². The van der Waals surface area contributed by atoms with Crippen LogP contribution in [0.2, 0.25) is 0 Å². The summed E-state index contributed by atoms with van der Waals surface area (Å²) < 4.78 is 0. The van der Waals surface area contributed by atoms with Crippen molar-refractivity contribution in [3.05, 3.63) is 82.9 Å². The number of nitrogens with two attached hydrogens (primary N) is 2. The predicted molar refractivity (Wildman–Crippen MR) is 171 cm³/mol. The third kappa shape index (κ3) is 8.32. The lowest BCUT2D eigenvalue weighted by molar-refractivity contribution is -0.142. The highest BCUT2D eigenvalue weighted by Crippen LogP contribution is 2.23. The molecule has 3 aromatic carbocycles. The molecule has 0 spiro atoms. The molecule has 8 heteroatoms. The molecule has 1 aliphatic rings. The lowest BCUT2D eigenvalue weighted by atomic mass is 9.96. The number of nitrogens with zero attached hydrogens (tertiary/aromatic N) is 3. The van der Waals surface area contributed by atoms with E-state index >= 15 is 0 Å². The van der Waals surface area contributed by atoms with Gasteiger partial charge in [-0.2, -0.15) is 0 Å². The van der Waals surface area contributed by atoms with E-state index in [0.717, 1.165) is 43.5 Å². The van der Waals surface area contributed by atoms with Crippen molar-refractivity contribution in [2.24, 2.45) is 16.5 Å². The summed E-state index contributed by atoms with van der Waals surface area (Å²) in [5.74, 6) is -0.154. The van der Waals surface area contributed by atoms with Crippen molar-refractivity contribution < 1.29 is 9.59 Å². The first-order chi connectivity index (χ1) is 20.1. The molecule has 0 saturated carbocycles. The second kappa shape index (κ2) is 14.3. The standard InChI is InChI=1S/C34H46N6O2/c1-23-11-13-29(24(2)18-23)20-32(38-26(4)41)33(42)40-21-25(3)39(22-31(40)10-7-16-37-34(35)36)17-15-27-12-14-28-8-5-6-9-30(28)19-27/h5-6,8-9,11-14,18-19,25,31-32H,7,10,15-17,20-22H2,1-4H3,(H,38,41)(H4,35,36,37)/t25?,31?,32-/m1/s1. The van der Waals surface area contributed by atoms with Crippen LogP contribution in [0.25, 0.3) is 10.8 Å². The van der Waals surface area contributed by atoms with Crippen molar-refractivity contribution in [3.63, 3.8) is 0 Å². The number of amides is 2. The molecule has 5 N–H and O–H groups in total. The molecule has 0 aromatic heterocycles. The minimum Gasteiger partial charge on any atom is -0.370 e. The van der Waals surface area contributed by atoms with Crippen molar-refractivity contribution in [3.8, 4) is 0 Å². The minimum atomic E-state index is -0.625. The predicted octanol–water partition coefficient (Wildman–Crippen LogP) is 3.70. The summed E-state index contributed by atoms with van der Waals surface area (Å²) in [6, 6.07) is 20.9. The number of carbonyl (C=O) groups is 2. The van der Waals surface area contributed by atoms with Gasteiger partial charge in [0.2, 0.25) is 11.8 Å². The summed E-state index contributed by atoms with van der Waals surface area (Å²) in [4.78, 5) is 35.0. The zero-order valence-corrected chi connectivity index (χ0v) is 25.5. The van der Waals surface area contributed by atoms with Crippen molar-refractivity contribution >= 4 is 28.5 Å². The second-order valence-electron chi connectivity index (χ2n) is 11.8. The van der Waals surface area contributed by atoms with Crippen molar-refractivity contribution in [1.82, 2.24) is 15.1 Å². The number of aliphatic imine (C=N–C) groups is 1. The third-order valence-electron chi connectivity index (χ3n) is 8.34. The summed E-state index contributed by atoms with van der Waals surface area (Å²) in [6.45, 7) is 10.6. The zero-order valence-electron chi connectivity index (χ0n) is 25.5. The summed E-state index contributed by atoms with van der Waals surface area (Å²) in [7, 11) is 0. The van der Waals surface area contributed by atoms with Crippen molar-refractivity contribution in [1.29, 1.82) is 0 Å². The summed E-state index contributed by atoms with van der Waals surface area (Å²) >= 11 is 0. The molecule has 1 fully saturated rings. The summed E-state index contributed by atoms with van der Waals surface area (Å²) in [5, 5.41) is 5.46. The van der Waals surface area contributed by atoms with Gasteiger partial charge >= 0.3 is 0 Å². The lowest BCUT2D eigenvalue weighted by Gasteiger charge is -2.46. The molecule has 1 heterocycles. The zero-order chi connectivity index (χ0) is 30.2. The normalized spacial score (nSPS) is 18.0. The molecule has 1 saturated heterocycles. The largest absolute Gasteiger partial charge is 0.370 e. The fourth-order valence-electron chi connectivity index (χ4n) is 6.07. The van der Waals surface area contributed by atoms with E-state index < -0.39 is 6.04 Å². The van der Waals surface area contributed by atoms with Crippen LogP contribution >= 0.6 is 0 Å². The van der Waals surface area contributed by atoms with Crippen molar-refractivity contribution in [2.75, 3.05) is 26.2 Å². The maximum Gasteiger partial charge on any atom is 0.245 e. The van der Waals surface area contributed by atoms with Gasteiger partial charge in [-0.05, 0) is 67.5 Å². The van der Waals surface area contributed by atoms with Crippen LogP contribution in [0, 0.1) is 13.8 Å². The van der Waals surface area contributed by atoms with Gasteiger partial charge in [0, 0.05) is 51.6 Å². The van der Waals surface area contributed by atoms with E-state index in [1.54, 1.807) is 0 Å². The van der Waals surface area contributed by atoms with Gasteiger partial charge in [0.15, 0.2) is 5.96 Å². The monoisotopic (exact) mass is 570 g/mol. The Bertz CT molecular complexity index is 1420. The first kappa shape index (κ1) is 31.0. The average molecular weight is 571 g/mol. The molecule has 2 unspecified atom stereocenters. The Morgan fingerprint density at radius 3 is 2.50 bits per heavy atom. The number of aryl methyl sites for hydroxylation is 2. The number of guanidine groups is 1. The van der Waals surface area contributed by atoms with Crippen LogP contribution in [0.3, 0.4) is 0 Å². The molecular formula is C34H46N6O2. The highest BCUT2D eigenvalue weighted by Gasteiger charge is 2.37. The van der Waals surface area contributed by atoms with Gasteiger partial charge in [0.05, 0.1) is 0 Å². The van der Waals surface area contributed by atoms with Crippen LogP contribution in [0.15, 0.2) is 65.7 Å². The van der Waals surface area contributed by atoms with Crippen LogP contribution in [0.4, 0.5) is 0 Å². The summed E-state index contributed by atoms with van der Waals surface area (Å²) in [6.07, 6.45) is 2.94. The van der Waals surface area contributed by atoms with Gasteiger partial charge < -0.3 is 21.7 Å². The van der Waals surface area contributed by atoms with E-state index in [4.69, 9.17) is 11.5 Å². The van der Waals surface area contributed by atoms with Crippen LogP contribution in [-0.2, 0) is 22.4 Å². The second-order valence-corrected chi connectivity index (χ2v) is 11.8. The molecule has 3 aromatic rings. The fourth-order valence-corrected chi connectivity index (χ4v) is 6.07. The minimum absolute atomic E-state index is 0.00475. The van der Waals surface area contributed by atoms with Crippen LogP contribution < -0.4 is 16.8 Å². The van der Waals surface area contributed by atoms with Gasteiger partial charge in [-0.1, -0.05) is 66.2 Å². The maximum absolute atomic E-state index is 14.1. The number of hydrogen-bond donors (Lipinski definition) is 3. The Morgan fingerprint density at radius 1 is 1.02 bits per heavy atom. The highest BCUT2D eigenvalue weighted by atomic mass is 16.2. The molecule has 3 atom stereocenters.